The van der Waals surface area contributed by atoms with Crippen LogP contribution in [0.25, 0.3) is 0 Å². The third-order valence-corrected chi connectivity index (χ3v) is 4.32. The maximum Gasteiger partial charge on any atom is 0.128 e. The number of aromatic nitrogens is 1. The Labute approximate surface area is 147 Å². The predicted molar refractivity (Wildman–Crippen MR) is 94.6 cm³/mol. The molecule has 0 amide bonds. The first-order chi connectivity index (χ1) is 11.7. The van der Waals surface area contributed by atoms with Crippen LogP contribution in [0.1, 0.15) is 5.56 Å². The van der Waals surface area contributed by atoms with Gasteiger partial charge in [0, 0.05) is 43.9 Å². The van der Waals surface area contributed by atoms with E-state index < -0.39 is 0 Å². The van der Waals surface area contributed by atoms with Gasteiger partial charge in [-0.25, -0.2) is 4.98 Å². The van der Waals surface area contributed by atoms with Gasteiger partial charge in [0.15, 0.2) is 0 Å². The minimum Gasteiger partial charge on any atom is -0.492 e. The van der Waals surface area contributed by atoms with Gasteiger partial charge in [0.25, 0.3) is 0 Å². The van der Waals surface area contributed by atoms with Gasteiger partial charge in [0.1, 0.15) is 24.2 Å². The normalized spacial score (nSPS) is 15.1. The van der Waals surface area contributed by atoms with Gasteiger partial charge in [-0.2, -0.15) is 5.26 Å². The van der Waals surface area contributed by atoms with E-state index in [9.17, 15) is 0 Å². The number of halogens is 1. The third-order valence-electron chi connectivity index (χ3n) is 4.06. The summed E-state index contributed by atoms with van der Waals surface area (Å²) in [6.07, 6.45) is 1.63. The zero-order chi connectivity index (χ0) is 16.8. The lowest BCUT2D eigenvalue weighted by Crippen LogP contribution is -2.47. The molecule has 3 rings (SSSR count). The second-order valence-corrected chi connectivity index (χ2v) is 6.08. The SMILES string of the molecule is N#Cc1ccc(N2CCN(CCOc3ccc(Cl)cc3)CC2)nc1. The number of anilines is 1. The summed E-state index contributed by atoms with van der Waals surface area (Å²) in [6, 6.07) is 13.3. The first-order valence-corrected chi connectivity index (χ1v) is 8.34. The van der Waals surface area contributed by atoms with E-state index in [0.717, 1.165) is 49.3 Å². The molecule has 0 unspecified atom stereocenters. The lowest BCUT2D eigenvalue weighted by atomic mass is 10.2. The van der Waals surface area contributed by atoms with Crippen molar-refractivity contribution in [1.82, 2.24) is 9.88 Å². The van der Waals surface area contributed by atoms with Crippen molar-refractivity contribution in [1.29, 1.82) is 5.26 Å². The molecule has 0 aliphatic carbocycles. The molecule has 0 radical (unpaired) electrons. The summed E-state index contributed by atoms with van der Waals surface area (Å²) < 4.78 is 5.74. The minimum atomic E-state index is 0.594. The van der Waals surface area contributed by atoms with Crippen LogP contribution in [0.2, 0.25) is 5.02 Å². The molecule has 1 saturated heterocycles. The molecule has 0 atom stereocenters. The molecule has 1 aliphatic heterocycles. The van der Waals surface area contributed by atoms with Gasteiger partial charge < -0.3 is 9.64 Å². The van der Waals surface area contributed by atoms with Crippen molar-refractivity contribution < 1.29 is 4.74 Å². The Morgan fingerprint density at radius 1 is 1.08 bits per heavy atom. The van der Waals surface area contributed by atoms with Crippen molar-refractivity contribution in [2.24, 2.45) is 0 Å². The van der Waals surface area contributed by atoms with Crippen LogP contribution < -0.4 is 9.64 Å². The molecule has 124 valence electrons. The van der Waals surface area contributed by atoms with E-state index in [4.69, 9.17) is 21.6 Å². The average Bonchev–Trinajstić information content (AvgIpc) is 2.64. The molecule has 1 aromatic carbocycles. The van der Waals surface area contributed by atoms with E-state index in [1.807, 2.05) is 36.4 Å². The number of hydrogen-bond donors (Lipinski definition) is 0. The van der Waals surface area contributed by atoms with E-state index in [-0.39, 0.29) is 0 Å². The van der Waals surface area contributed by atoms with E-state index >= 15 is 0 Å². The topological polar surface area (TPSA) is 52.4 Å². The largest absolute Gasteiger partial charge is 0.492 e. The second kappa shape index (κ2) is 8.00. The lowest BCUT2D eigenvalue weighted by Gasteiger charge is -2.35. The van der Waals surface area contributed by atoms with Crippen LogP contribution in [-0.2, 0) is 0 Å². The average molecular weight is 343 g/mol. The first-order valence-electron chi connectivity index (χ1n) is 7.96. The van der Waals surface area contributed by atoms with Crippen LogP contribution in [0, 0.1) is 11.3 Å². The minimum absolute atomic E-state index is 0.594. The van der Waals surface area contributed by atoms with Crippen LogP contribution in [0.15, 0.2) is 42.6 Å². The molecule has 2 aromatic rings. The van der Waals surface area contributed by atoms with Crippen molar-refractivity contribution in [3.63, 3.8) is 0 Å². The number of benzene rings is 1. The van der Waals surface area contributed by atoms with E-state index in [2.05, 4.69) is 20.9 Å². The van der Waals surface area contributed by atoms with Crippen LogP contribution >= 0.6 is 11.6 Å². The molecule has 0 bridgehead atoms. The fourth-order valence-corrected chi connectivity index (χ4v) is 2.79. The zero-order valence-electron chi connectivity index (χ0n) is 13.4. The van der Waals surface area contributed by atoms with Gasteiger partial charge in [0.2, 0.25) is 0 Å². The molecule has 0 saturated carbocycles. The molecular formula is C18H19ClN4O. The number of piperazine rings is 1. The highest BCUT2D eigenvalue weighted by atomic mass is 35.5. The van der Waals surface area contributed by atoms with Crippen LogP contribution in [0.4, 0.5) is 5.82 Å². The monoisotopic (exact) mass is 342 g/mol. The quantitative estimate of drug-likeness (QED) is 0.836. The third kappa shape index (κ3) is 4.38. The number of rotatable bonds is 5. The highest BCUT2D eigenvalue weighted by Crippen LogP contribution is 2.16. The smallest absolute Gasteiger partial charge is 0.128 e. The maximum absolute atomic E-state index is 8.82. The Balaban J connectivity index is 1.41. The molecule has 1 aromatic heterocycles. The van der Waals surface area contributed by atoms with Gasteiger partial charge in [-0.1, -0.05) is 11.6 Å². The summed E-state index contributed by atoms with van der Waals surface area (Å²) >= 11 is 5.86. The molecule has 2 heterocycles. The molecule has 6 heteroatoms. The summed E-state index contributed by atoms with van der Waals surface area (Å²) in [5, 5.41) is 9.54. The Morgan fingerprint density at radius 3 is 2.46 bits per heavy atom. The van der Waals surface area contributed by atoms with Crippen molar-refractivity contribution in [3.05, 3.63) is 53.2 Å². The first kappa shape index (κ1) is 16.6. The summed E-state index contributed by atoms with van der Waals surface area (Å²) in [6.45, 7) is 5.38. The fraction of sp³-hybridized carbons (Fsp3) is 0.333. The second-order valence-electron chi connectivity index (χ2n) is 5.65. The van der Waals surface area contributed by atoms with Crippen molar-refractivity contribution in [2.75, 3.05) is 44.2 Å². The van der Waals surface area contributed by atoms with E-state index in [0.29, 0.717) is 12.2 Å². The number of nitriles is 1. The molecule has 1 aliphatic rings. The number of pyridine rings is 1. The van der Waals surface area contributed by atoms with Gasteiger partial charge in [0.05, 0.1) is 5.56 Å². The Hall–Kier alpha value is -2.29. The van der Waals surface area contributed by atoms with Gasteiger partial charge >= 0.3 is 0 Å². The molecular weight excluding hydrogens is 324 g/mol. The van der Waals surface area contributed by atoms with Gasteiger partial charge in [-0.3, -0.25) is 4.90 Å². The zero-order valence-corrected chi connectivity index (χ0v) is 14.1. The van der Waals surface area contributed by atoms with E-state index in [1.54, 1.807) is 6.20 Å². The molecule has 0 spiro atoms. The highest BCUT2D eigenvalue weighted by molar-refractivity contribution is 6.30. The summed E-state index contributed by atoms with van der Waals surface area (Å²) in [7, 11) is 0. The van der Waals surface area contributed by atoms with Crippen molar-refractivity contribution in [2.45, 2.75) is 0 Å². The highest BCUT2D eigenvalue weighted by Gasteiger charge is 2.17. The van der Waals surface area contributed by atoms with Crippen molar-refractivity contribution in [3.8, 4) is 11.8 Å². The van der Waals surface area contributed by atoms with Crippen LogP contribution in [0.3, 0.4) is 0 Å². The van der Waals surface area contributed by atoms with E-state index in [1.165, 1.54) is 0 Å². The molecule has 1 fully saturated rings. The molecule has 0 N–H and O–H groups in total. The Kier molecular flexibility index (Phi) is 5.52. The Bertz CT molecular complexity index is 688. The van der Waals surface area contributed by atoms with Crippen molar-refractivity contribution >= 4 is 17.4 Å². The Morgan fingerprint density at radius 2 is 1.83 bits per heavy atom. The fourth-order valence-electron chi connectivity index (χ4n) is 2.66. The lowest BCUT2D eigenvalue weighted by molar-refractivity contribution is 0.200. The van der Waals surface area contributed by atoms with Crippen LogP contribution in [-0.4, -0.2) is 49.2 Å². The summed E-state index contributed by atoms with van der Waals surface area (Å²) in [5.74, 6) is 1.78. The maximum atomic E-state index is 8.82. The predicted octanol–water partition coefficient (Wildman–Crippen LogP) is 2.81. The molecule has 5 nitrogen and oxygen atoms in total. The number of hydrogen-bond acceptors (Lipinski definition) is 5. The summed E-state index contributed by atoms with van der Waals surface area (Å²) in [4.78, 5) is 8.99. The standard InChI is InChI=1S/C18H19ClN4O/c19-16-2-4-17(5-3-16)24-12-11-22-7-9-23(10-8-22)18-6-1-15(13-20)14-21-18/h1-6,14H,7-12H2. The van der Waals surface area contributed by atoms with Crippen LogP contribution in [0.5, 0.6) is 5.75 Å². The van der Waals surface area contributed by atoms with Gasteiger partial charge in [-0.05, 0) is 36.4 Å². The summed E-state index contributed by atoms with van der Waals surface area (Å²) in [5.41, 5.74) is 0.594. The van der Waals surface area contributed by atoms with Gasteiger partial charge in [-0.15, -0.1) is 0 Å². The number of ether oxygens (including phenoxy) is 1. The number of nitrogens with zero attached hydrogens (tertiary/aromatic N) is 4. The molecule has 24 heavy (non-hydrogen) atoms.